The minimum atomic E-state index is 0. The zero-order chi connectivity index (χ0) is 7.11. The van der Waals surface area contributed by atoms with Gasteiger partial charge in [0.15, 0.2) is 0 Å². The van der Waals surface area contributed by atoms with Crippen LogP contribution in [0, 0.1) is 0 Å². The van der Waals surface area contributed by atoms with Gasteiger partial charge in [0.1, 0.15) is 0 Å². The Bertz CT molecular complexity index is 92.8. The second-order valence-electron chi connectivity index (χ2n) is 2.30. The standard InChI is InChI=1S/C5H5.C3H9P.Cu/c1-2-4-5-3-1;1-4(2)3;/h1-5H;1-3H3;/q-1;;+1. The number of hydrogen-bond donors (Lipinski definition) is 0. The maximum absolute atomic E-state index is 2.23. The molecule has 0 aliphatic carbocycles. The van der Waals surface area contributed by atoms with Crippen molar-refractivity contribution < 1.29 is 17.1 Å². The van der Waals surface area contributed by atoms with Gasteiger partial charge < -0.3 is 0 Å². The van der Waals surface area contributed by atoms with E-state index < -0.39 is 0 Å². The summed E-state index contributed by atoms with van der Waals surface area (Å²) in [5.41, 5.74) is 0. The SMILES string of the molecule is CP(C)C.[Cu+].c1cc[cH-]c1. The van der Waals surface area contributed by atoms with Crippen LogP contribution in [0.1, 0.15) is 0 Å². The molecule has 1 aromatic rings. The molecule has 1 rings (SSSR count). The van der Waals surface area contributed by atoms with E-state index in [0.717, 1.165) is 0 Å². The van der Waals surface area contributed by atoms with E-state index in [4.69, 9.17) is 0 Å². The monoisotopic (exact) mass is 204 g/mol. The van der Waals surface area contributed by atoms with Crippen LogP contribution in [-0.2, 0) is 17.1 Å². The van der Waals surface area contributed by atoms with Crippen molar-refractivity contribution in [3.8, 4) is 0 Å². The van der Waals surface area contributed by atoms with Crippen molar-refractivity contribution in [2.45, 2.75) is 0 Å². The van der Waals surface area contributed by atoms with Gasteiger partial charge in [0.2, 0.25) is 0 Å². The van der Waals surface area contributed by atoms with Gasteiger partial charge in [-0.2, -0.15) is 18.2 Å². The average Bonchev–Trinajstić information content (AvgIpc) is 2.11. The van der Waals surface area contributed by atoms with Crippen molar-refractivity contribution in [1.82, 2.24) is 0 Å². The Balaban J connectivity index is 0. The average molecular weight is 205 g/mol. The summed E-state index contributed by atoms with van der Waals surface area (Å²) in [5, 5.41) is 0. The normalized spacial score (nSPS) is 7.60. The van der Waals surface area contributed by atoms with Gasteiger partial charge in [-0.25, -0.2) is 12.1 Å². The molecule has 0 saturated heterocycles. The molecule has 0 radical (unpaired) electrons. The Morgan fingerprint density at radius 3 is 1.40 bits per heavy atom. The van der Waals surface area contributed by atoms with E-state index in [1.807, 2.05) is 30.3 Å². The largest absolute Gasteiger partial charge is 1.00 e. The van der Waals surface area contributed by atoms with Crippen LogP contribution in [0.3, 0.4) is 0 Å². The van der Waals surface area contributed by atoms with Crippen molar-refractivity contribution in [2.75, 3.05) is 20.0 Å². The Labute approximate surface area is 75.6 Å². The molecule has 0 aliphatic heterocycles. The summed E-state index contributed by atoms with van der Waals surface area (Å²) in [6.45, 7) is 6.69. The molecule has 0 aromatic heterocycles. The summed E-state index contributed by atoms with van der Waals surface area (Å²) in [6.07, 6.45) is 0. The maximum atomic E-state index is 2.23. The van der Waals surface area contributed by atoms with E-state index in [9.17, 15) is 0 Å². The molecule has 0 aliphatic rings. The summed E-state index contributed by atoms with van der Waals surface area (Å²) in [6, 6.07) is 10.0. The third kappa shape index (κ3) is 15.7. The molecule has 2 heteroatoms. The van der Waals surface area contributed by atoms with E-state index in [1.165, 1.54) is 0 Å². The van der Waals surface area contributed by atoms with Gasteiger partial charge in [0.05, 0.1) is 0 Å². The molecule has 0 amide bonds. The zero-order valence-corrected chi connectivity index (χ0v) is 8.47. The molecule has 0 saturated carbocycles. The van der Waals surface area contributed by atoms with Crippen LogP contribution in [0.2, 0.25) is 0 Å². The zero-order valence-electron chi connectivity index (χ0n) is 6.64. The van der Waals surface area contributed by atoms with Crippen LogP contribution in [-0.4, -0.2) is 20.0 Å². The predicted octanol–water partition coefficient (Wildman–Crippen LogP) is 2.76. The van der Waals surface area contributed by atoms with Crippen molar-refractivity contribution in [3.63, 3.8) is 0 Å². The van der Waals surface area contributed by atoms with E-state index in [2.05, 4.69) is 20.0 Å². The molecule has 0 nitrogen and oxygen atoms in total. The molecule has 0 heterocycles. The molecule has 1 aromatic carbocycles. The molecule has 0 unspecified atom stereocenters. The number of hydrogen-bond acceptors (Lipinski definition) is 0. The second kappa shape index (κ2) is 9.30. The fraction of sp³-hybridized carbons (Fsp3) is 0.375. The summed E-state index contributed by atoms with van der Waals surface area (Å²) >= 11 is 0. The third-order valence-corrected chi connectivity index (χ3v) is 0.556. The fourth-order valence-electron chi connectivity index (χ4n) is 0.321. The maximum Gasteiger partial charge on any atom is 1.00 e. The molecular weight excluding hydrogens is 191 g/mol. The Morgan fingerprint density at radius 1 is 1.00 bits per heavy atom. The van der Waals surface area contributed by atoms with Gasteiger partial charge in [-0.1, -0.05) is 0 Å². The third-order valence-electron chi connectivity index (χ3n) is 0.556. The summed E-state index contributed by atoms with van der Waals surface area (Å²) in [7, 11) is 0.380. The van der Waals surface area contributed by atoms with E-state index in [1.54, 1.807) is 0 Å². The topological polar surface area (TPSA) is 0 Å². The van der Waals surface area contributed by atoms with E-state index in [-0.39, 0.29) is 17.1 Å². The van der Waals surface area contributed by atoms with E-state index in [0.29, 0.717) is 7.92 Å². The van der Waals surface area contributed by atoms with Crippen molar-refractivity contribution >= 4 is 7.92 Å². The Morgan fingerprint density at radius 2 is 1.30 bits per heavy atom. The first-order valence-electron chi connectivity index (χ1n) is 3.01. The summed E-state index contributed by atoms with van der Waals surface area (Å²) in [5.74, 6) is 0. The minimum Gasteiger partial charge on any atom is -0.214 e. The molecule has 0 spiro atoms. The van der Waals surface area contributed by atoms with Crippen LogP contribution in [0.5, 0.6) is 0 Å². The van der Waals surface area contributed by atoms with Gasteiger partial charge in [-0.05, 0) is 20.0 Å². The Hall–Kier alpha value is 0.299. The van der Waals surface area contributed by atoms with E-state index >= 15 is 0 Å². The molecule has 0 N–H and O–H groups in total. The molecular formula is C8H14CuP. The van der Waals surface area contributed by atoms with Gasteiger partial charge in [0.25, 0.3) is 0 Å². The van der Waals surface area contributed by atoms with Crippen LogP contribution < -0.4 is 0 Å². The van der Waals surface area contributed by atoms with Gasteiger partial charge >= 0.3 is 17.1 Å². The van der Waals surface area contributed by atoms with Crippen molar-refractivity contribution in [1.29, 1.82) is 0 Å². The number of rotatable bonds is 0. The first-order chi connectivity index (χ1) is 4.23. The first kappa shape index (κ1) is 12.9. The molecule has 0 bridgehead atoms. The molecule has 62 valence electrons. The van der Waals surface area contributed by atoms with Crippen LogP contribution in [0.25, 0.3) is 0 Å². The van der Waals surface area contributed by atoms with Crippen LogP contribution in [0.4, 0.5) is 0 Å². The van der Waals surface area contributed by atoms with Gasteiger partial charge in [-0.3, -0.25) is 0 Å². The second-order valence-corrected chi connectivity index (χ2v) is 4.99. The molecule has 0 fully saturated rings. The smallest absolute Gasteiger partial charge is 0.214 e. The van der Waals surface area contributed by atoms with Crippen LogP contribution >= 0.6 is 7.92 Å². The molecule has 0 atom stereocenters. The Kier molecular flexibility index (Phi) is 12.0. The van der Waals surface area contributed by atoms with Gasteiger partial charge in [-0.15, -0.1) is 7.92 Å². The first-order valence-corrected chi connectivity index (χ1v) is 5.69. The van der Waals surface area contributed by atoms with Gasteiger partial charge in [0, 0.05) is 0 Å². The van der Waals surface area contributed by atoms with Crippen LogP contribution in [0.15, 0.2) is 30.3 Å². The molecule has 10 heavy (non-hydrogen) atoms. The summed E-state index contributed by atoms with van der Waals surface area (Å²) in [4.78, 5) is 0. The quantitative estimate of drug-likeness (QED) is 0.346. The predicted molar refractivity (Wildman–Crippen MR) is 46.7 cm³/mol. The minimum absolute atomic E-state index is 0. The van der Waals surface area contributed by atoms with Crippen molar-refractivity contribution in [2.24, 2.45) is 0 Å². The van der Waals surface area contributed by atoms with Crippen molar-refractivity contribution in [3.05, 3.63) is 30.3 Å². The fourth-order valence-corrected chi connectivity index (χ4v) is 0.321. The summed E-state index contributed by atoms with van der Waals surface area (Å²) < 4.78 is 0.